The fourth-order valence-corrected chi connectivity index (χ4v) is 2.76. The minimum Gasteiger partial charge on any atom is -0.465 e. The molecule has 2 unspecified atom stereocenters. The molecule has 1 fully saturated rings. The molecule has 7 nitrogen and oxygen atoms in total. The van der Waals surface area contributed by atoms with Crippen LogP contribution in [0.15, 0.2) is 0 Å². The molecule has 0 aliphatic heterocycles. The Morgan fingerprint density at radius 1 is 1.48 bits per heavy atom. The van der Waals surface area contributed by atoms with E-state index >= 15 is 0 Å². The zero-order valence-electron chi connectivity index (χ0n) is 12.8. The molecule has 0 spiro atoms. The van der Waals surface area contributed by atoms with Crippen molar-refractivity contribution in [2.24, 2.45) is 0 Å². The molecular weight excluding hydrogens is 272 g/mol. The number of aromatic nitrogens is 2. The van der Waals surface area contributed by atoms with E-state index in [1.54, 1.807) is 4.68 Å². The van der Waals surface area contributed by atoms with E-state index in [0.717, 1.165) is 25.7 Å². The summed E-state index contributed by atoms with van der Waals surface area (Å²) in [5, 5.41) is 17.7. The van der Waals surface area contributed by atoms with Crippen molar-refractivity contribution in [1.29, 1.82) is 0 Å². The summed E-state index contributed by atoms with van der Waals surface area (Å²) < 4.78 is 6.36. The summed E-state index contributed by atoms with van der Waals surface area (Å²) in [4.78, 5) is 12.0. The van der Waals surface area contributed by atoms with E-state index < -0.39 is 12.1 Å². The Balaban J connectivity index is 2.42. The SMILES string of the molecule is COC(=O)c1c(NC(C)C)nn(C2CCCCC2O)c1N. The Labute approximate surface area is 124 Å². The number of nitrogens with one attached hydrogen (secondary N) is 1. The highest BCUT2D eigenvalue weighted by atomic mass is 16.5. The molecule has 1 aromatic rings. The third kappa shape index (κ3) is 3.12. The molecule has 1 aliphatic carbocycles. The van der Waals surface area contributed by atoms with Crippen LogP contribution >= 0.6 is 0 Å². The Kier molecular flexibility index (Phi) is 4.72. The fraction of sp³-hybridized carbons (Fsp3) is 0.714. The number of nitrogen functional groups attached to an aromatic ring is 1. The van der Waals surface area contributed by atoms with Crippen LogP contribution in [0.3, 0.4) is 0 Å². The lowest BCUT2D eigenvalue weighted by atomic mass is 9.93. The van der Waals surface area contributed by atoms with E-state index in [9.17, 15) is 9.90 Å². The third-order valence-electron chi connectivity index (χ3n) is 3.77. The second kappa shape index (κ2) is 6.34. The lowest BCUT2D eigenvalue weighted by Gasteiger charge is -2.28. The number of nitrogens with zero attached hydrogens (tertiary/aromatic N) is 2. The quantitative estimate of drug-likeness (QED) is 0.728. The first-order valence-electron chi connectivity index (χ1n) is 7.36. The predicted octanol–water partition coefficient (Wildman–Crippen LogP) is 1.55. The van der Waals surface area contributed by atoms with E-state index in [1.807, 2.05) is 13.8 Å². The predicted molar refractivity (Wildman–Crippen MR) is 80.2 cm³/mol. The highest BCUT2D eigenvalue weighted by Crippen LogP contribution is 2.33. The number of ether oxygens (including phenoxy) is 1. The van der Waals surface area contributed by atoms with Gasteiger partial charge in [0, 0.05) is 6.04 Å². The van der Waals surface area contributed by atoms with E-state index in [2.05, 4.69) is 10.4 Å². The second-order valence-electron chi connectivity index (χ2n) is 5.76. The largest absolute Gasteiger partial charge is 0.465 e. The maximum atomic E-state index is 12.0. The molecule has 0 bridgehead atoms. The van der Waals surface area contributed by atoms with Gasteiger partial charge in [0.25, 0.3) is 0 Å². The average Bonchev–Trinajstić information content (AvgIpc) is 2.74. The molecule has 0 saturated heterocycles. The first kappa shape index (κ1) is 15.6. The molecule has 0 radical (unpaired) electrons. The summed E-state index contributed by atoms with van der Waals surface area (Å²) in [5.41, 5.74) is 6.34. The maximum absolute atomic E-state index is 12.0. The Morgan fingerprint density at radius 3 is 2.71 bits per heavy atom. The number of aliphatic hydroxyl groups is 1. The zero-order chi connectivity index (χ0) is 15.6. The zero-order valence-corrected chi connectivity index (χ0v) is 12.8. The number of rotatable bonds is 4. The van der Waals surface area contributed by atoms with Crippen LogP contribution in [0, 0.1) is 0 Å². The Morgan fingerprint density at radius 2 is 2.14 bits per heavy atom. The molecule has 21 heavy (non-hydrogen) atoms. The second-order valence-corrected chi connectivity index (χ2v) is 5.76. The molecule has 2 atom stereocenters. The topological polar surface area (TPSA) is 102 Å². The number of hydrogen-bond acceptors (Lipinski definition) is 6. The van der Waals surface area contributed by atoms with Gasteiger partial charge in [-0.25, -0.2) is 9.48 Å². The molecule has 0 amide bonds. The maximum Gasteiger partial charge on any atom is 0.345 e. The smallest absolute Gasteiger partial charge is 0.345 e. The fourth-order valence-electron chi connectivity index (χ4n) is 2.76. The number of hydrogen-bond donors (Lipinski definition) is 3. The number of anilines is 2. The van der Waals surface area contributed by atoms with Gasteiger partial charge in [-0.3, -0.25) is 0 Å². The Hall–Kier alpha value is -1.76. The van der Waals surface area contributed by atoms with Crippen molar-refractivity contribution in [3.8, 4) is 0 Å². The first-order valence-corrected chi connectivity index (χ1v) is 7.36. The van der Waals surface area contributed by atoms with Crippen molar-refractivity contribution in [3.05, 3.63) is 5.56 Å². The number of carbonyl (C=O) groups excluding carboxylic acids is 1. The van der Waals surface area contributed by atoms with Gasteiger partial charge in [0.1, 0.15) is 11.4 Å². The van der Waals surface area contributed by atoms with Crippen molar-refractivity contribution in [1.82, 2.24) is 9.78 Å². The van der Waals surface area contributed by atoms with Crippen molar-refractivity contribution < 1.29 is 14.6 Å². The van der Waals surface area contributed by atoms with Crippen LogP contribution in [0.2, 0.25) is 0 Å². The lowest BCUT2D eigenvalue weighted by molar-refractivity contribution is 0.0599. The summed E-state index contributed by atoms with van der Waals surface area (Å²) in [6.45, 7) is 3.90. The van der Waals surface area contributed by atoms with Gasteiger partial charge in [0.15, 0.2) is 5.82 Å². The molecule has 0 aromatic carbocycles. The molecule has 1 saturated carbocycles. The summed E-state index contributed by atoms with van der Waals surface area (Å²) in [6, 6.07) is -0.0858. The number of carbonyl (C=O) groups is 1. The van der Waals surface area contributed by atoms with E-state index in [4.69, 9.17) is 10.5 Å². The molecule has 2 rings (SSSR count). The number of nitrogens with two attached hydrogens (primary N) is 1. The average molecular weight is 296 g/mol. The highest BCUT2D eigenvalue weighted by Gasteiger charge is 2.31. The van der Waals surface area contributed by atoms with Crippen LogP contribution in [-0.2, 0) is 4.74 Å². The van der Waals surface area contributed by atoms with Gasteiger partial charge in [-0.15, -0.1) is 0 Å². The van der Waals surface area contributed by atoms with Gasteiger partial charge >= 0.3 is 5.97 Å². The van der Waals surface area contributed by atoms with Crippen LogP contribution < -0.4 is 11.1 Å². The highest BCUT2D eigenvalue weighted by molar-refractivity contribution is 5.99. The van der Waals surface area contributed by atoms with Crippen LogP contribution in [0.4, 0.5) is 11.6 Å². The van der Waals surface area contributed by atoms with Crippen LogP contribution in [0.1, 0.15) is 55.9 Å². The number of methoxy groups -OCH3 is 1. The molecule has 118 valence electrons. The van der Waals surface area contributed by atoms with Crippen LogP contribution in [0.25, 0.3) is 0 Å². The molecule has 1 aliphatic rings. The number of aliphatic hydroxyl groups excluding tert-OH is 1. The summed E-state index contributed by atoms with van der Waals surface area (Å²) in [6.07, 6.45) is 3.05. The number of esters is 1. The van der Waals surface area contributed by atoms with Crippen molar-refractivity contribution >= 4 is 17.6 Å². The third-order valence-corrected chi connectivity index (χ3v) is 3.77. The lowest BCUT2D eigenvalue weighted by Crippen LogP contribution is -2.29. The molecule has 7 heteroatoms. The Bertz CT molecular complexity index is 513. The molecular formula is C14H24N4O3. The van der Waals surface area contributed by atoms with Gasteiger partial charge in [0.2, 0.25) is 0 Å². The van der Waals surface area contributed by atoms with Crippen LogP contribution in [-0.4, -0.2) is 40.1 Å². The van der Waals surface area contributed by atoms with Crippen molar-refractivity contribution in [2.45, 2.75) is 57.7 Å². The summed E-state index contributed by atoms with van der Waals surface area (Å²) >= 11 is 0. The standard InChI is InChI=1S/C14H24N4O3/c1-8(2)16-13-11(14(20)21-3)12(15)18(17-13)9-6-4-5-7-10(9)19/h8-10,19H,4-7,15H2,1-3H3,(H,16,17). The van der Waals surface area contributed by atoms with Crippen molar-refractivity contribution in [2.75, 3.05) is 18.2 Å². The molecule has 1 aromatic heterocycles. The van der Waals surface area contributed by atoms with Gasteiger partial charge in [-0.05, 0) is 26.7 Å². The van der Waals surface area contributed by atoms with Gasteiger partial charge < -0.3 is 20.9 Å². The van der Waals surface area contributed by atoms with E-state index in [1.165, 1.54) is 7.11 Å². The summed E-state index contributed by atoms with van der Waals surface area (Å²) in [5.74, 6) is 0.135. The van der Waals surface area contributed by atoms with Gasteiger partial charge in [-0.2, -0.15) is 5.10 Å². The van der Waals surface area contributed by atoms with E-state index in [-0.39, 0.29) is 23.5 Å². The molecule has 1 heterocycles. The van der Waals surface area contributed by atoms with Crippen molar-refractivity contribution in [3.63, 3.8) is 0 Å². The van der Waals surface area contributed by atoms with Gasteiger partial charge in [-0.1, -0.05) is 12.8 Å². The molecule has 4 N–H and O–H groups in total. The van der Waals surface area contributed by atoms with Crippen LogP contribution in [0.5, 0.6) is 0 Å². The normalized spacial score (nSPS) is 22.3. The first-order chi connectivity index (χ1) is 9.95. The van der Waals surface area contributed by atoms with Gasteiger partial charge in [0.05, 0.1) is 19.3 Å². The minimum atomic E-state index is -0.521. The minimum absolute atomic E-state index is 0.104. The summed E-state index contributed by atoms with van der Waals surface area (Å²) in [7, 11) is 1.31. The van der Waals surface area contributed by atoms with E-state index in [0.29, 0.717) is 5.82 Å². The monoisotopic (exact) mass is 296 g/mol.